The van der Waals surface area contributed by atoms with Gasteiger partial charge in [-0.2, -0.15) is 0 Å². The van der Waals surface area contributed by atoms with Crippen molar-refractivity contribution >= 4 is 17.5 Å². The number of piperidine rings is 1. The molecule has 3 nitrogen and oxygen atoms in total. The molecule has 22 heavy (non-hydrogen) atoms. The SMILES string of the molecule is O=C(NC1CCCC1)[C@H](c1ccc(Cl)cc1)N1CCCCC1. The van der Waals surface area contributed by atoms with E-state index in [0.29, 0.717) is 6.04 Å². The molecule has 3 rings (SSSR count). The lowest BCUT2D eigenvalue weighted by atomic mass is 10.0. The molecule has 0 unspecified atom stereocenters. The van der Waals surface area contributed by atoms with Crippen molar-refractivity contribution in [2.24, 2.45) is 0 Å². The normalized spacial score (nSPS) is 21.7. The number of hydrogen-bond donors (Lipinski definition) is 1. The predicted octanol–water partition coefficient (Wildman–Crippen LogP) is 3.93. The van der Waals surface area contributed by atoms with Gasteiger partial charge in [-0.1, -0.05) is 43.0 Å². The smallest absolute Gasteiger partial charge is 0.242 e. The Bertz CT molecular complexity index is 490. The molecule has 2 aliphatic rings. The lowest BCUT2D eigenvalue weighted by Crippen LogP contribution is -2.45. The van der Waals surface area contributed by atoms with Crippen molar-refractivity contribution in [3.8, 4) is 0 Å². The number of likely N-dealkylation sites (tertiary alicyclic amines) is 1. The van der Waals surface area contributed by atoms with Crippen LogP contribution in [0.15, 0.2) is 24.3 Å². The second-order valence-corrected chi connectivity index (χ2v) is 6.98. The second-order valence-electron chi connectivity index (χ2n) is 6.54. The number of nitrogens with zero attached hydrogens (tertiary/aromatic N) is 1. The molecule has 1 aliphatic heterocycles. The third-order valence-electron chi connectivity index (χ3n) is 4.89. The van der Waals surface area contributed by atoms with E-state index in [2.05, 4.69) is 10.2 Å². The van der Waals surface area contributed by atoms with Crippen molar-refractivity contribution in [2.75, 3.05) is 13.1 Å². The standard InChI is InChI=1S/C18H25ClN2O/c19-15-10-8-14(9-11-15)17(21-12-4-1-5-13-21)18(22)20-16-6-2-3-7-16/h8-11,16-17H,1-7,12-13H2,(H,20,22)/t17-/m0/s1. The van der Waals surface area contributed by atoms with Crippen LogP contribution in [0, 0.1) is 0 Å². The zero-order chi connectivity index (χ0) is 15.4. The van der Waals surface area contributed by atoms with Gasteiger partial charge in [0, 0.05) is 11.1 Å². The van der Waals surface area contributed by atoms with Crippen LogP contribution in [0.4, 0.5) is 0 Å². The first kappa shape index (κ1) is 15.8. The van der Waals surface area contributed by atoms with Crippen molar-refractivity contribution in [3.63, 3.8) is 0 Å². The van der Waals surface area contributed by atoms with Crippen molar-refractivity contribution in [2.45, 2.75) is 57.0 Å². The van der Waals surface area contributed by atoms with Crippen LogP contribution in [0.25, 0.3) is 0 Å². The summed E-state index contributed by atoms with van der Waals surface area (Å²) < 4.78 is 0. The Morgan fingerprint density at radius 3 is 2.32 bits per heavy atom. The van der Waals surface area contributed by atoms with E-state index in [1.54, 1.807) is 0 Å². The van der Waals surface area contributed by atoms with Crippen molar-refractivity contribution < 1.29 is 4.79 Å². The Morgan fingerprint density at radius 1 is 1.05 bits per heavy atom. The first-order chi connectivity index (χ1) is 10.7. The van der Waals surface area contributed by atoms with Gasteiger partial charge in [0.1, 0.15) is 6.04 Å². The Morgan fingerprint density at radius 2 is 1.68 bits per heavy atom. The number of nitrogens with one attached hydrogen (secondary N) is 1. The Labute approximate surface area is 138 Å². The van der Waals surface area contributed by atoms with Crippen LogP contribution in [0.3, 0.4) is 0 Å². The van der Waals surface area contributed by atoms with E-state index < -0.39 is 0 Å². The van der Waals surface area contributed by atoms with Gasteiger partial charge >= 0.3 is 0 Å². The number of amides is 1. The van der Waals surface area contributed by atoms with Crippen LogP contribution in [-0.4, -0.2) is 29.9 Å². The number of rotatable bonds is 4. The molecule has 1 saturated heterocycles. The van der Waals surface area contributed by atoms with E-state index in [-0.39, 0.29) is 11.9 Å². The van der Waals surface area contributed by atoms with Crippen LogP contribution in [-0.2, 0) is 4.79 Å². The fourth-order valence-electron chi connectivity index (χ4n) is 3.70. The van der Waals surface area contributed by atoms with Gasteiger partial charge < -0.3 is 5.32 Å². The highest BCUT2D eigenvalue weighted by Crippen LogP contribution is 2.27. The van der Waals surface area contributed by atoms with Gasteiger partial charge in [0.05, 0.1) is 0 Å². The van der Waals surface area contributed by atoms with Crippen LogP contribution in [0.1, 0.15) is 56.6 Å². The minimum Gasteiger partial charge on any atom is -0.352 e. The summed E-state index contributed by atoms with van der Waals surface area (Å²) in [7, 11) is 0. The lowest BCUT2D eigenvalue weighted by Gasteiger charge is -2.34. The number of halogens is 1. The lowest BCUT2D eigenvalue weighted by molar-refractivity contribution is -0.127. The Kier molecular flexibility index (Phi) is 5.37. The van der Waals surface area contributed by atoms with E-state index in [4.69, 9.17) is 11.6 Å². The fourth-order valence-corrected chi connectivity index (χ4v) is 3.83. The minimum absolute atomic E-state index is 0.163. The van der Waals surface area contributed by atoms with Gasteiger partial charge in [0.2, 0.25) is 5.91 Å². The van der Waals surface area contributed by atoms with Gasteiger partial charge in [-0.15, -0.1) is 0 Å². The summed E-state index contributed by atoms with van der Waals surface area (Å²) in [6.45, 7) is 2.01. The summed E-state index contributed by atoms with van der Waals surface area (Å²) >= 11 is 6.01. The maximum absolute atomic E-state index is 12.9. The molecular weight excluding hydrogens is 296 g/mol. The highest BCUT2D eigenvalue weighted by Gasteiger charge is 2.30. The zero-order valence-electron chi connectivity index (χ0n) is 13.1. The third kappa shape index (κ3) is 3.82. The van der Waals surface area contributed by atoms with Crippen LogP contribution in [0.5, 0.6) is 0 Å². The first-order valence-corrected chi connectivity index (χ1v) is 8.92. The molecule has 1 aromatic carbocycles. The maximum Gasteiger partial charge on any atom is 0.242 e. The summed E-state index contributed by atoms with van der Waals surface area (Å²) in [4.78, 5) is 15.2. The number of benzene rings is 1. The third-order valence-corrected chi connectivity index (χ3v) is 5.14. The number of hydrogen-bond acceptors (Lipinski definition) is 2. The number of carbonyl (C=O) groups excluding carboxylic acids is 1. The average Bonchev–Trinajstić information content (AvgIpc) is 3.03. The highest BCUT2D eigenvalue weighted by molar-refractivity contribution is 6.30. The van der Waals surface area contributed by atoms with E-state index >= 15 is 0 Å². The molecule has 0 spiro atoms. The van der Waals surface area contributed by atoms with Crippen LogP contribution < -0.4 is 5.32 Å². The molecule has 1 atom stereocenters. The maximum atomic E-state index is 12.9. The summed E-state index contributed by atoms with van der Waals surface area (Å²) in [5.41, 5.74) is 1.06. The minimum atomic E-state index is -0.168. The summed E-state index contributed by atoms with van der Waals surface area (Å²) in [5.74, 6) is 0.163. The fraction of sp³-hybridized carbons (Fsp3) is 0.611. The van der Waals surface area contributed by atoms with E-state index in [1.807, 2.05) is 24.3 Å². The zero-order valence-corrected chi connectivity index (χ0v) is 13.8. The molecular formula is C18H25ClN2O. The monoisotopic (exact) mass is 320 g/mol. The average molecular weight is 321 g/mol. The topological polar surface area (TPSA) is 32.3 Å². The molecule has 1 N–H and O–H groups in total. The van der Waals surface area contributed by atoms with Gasteiger partial charge in [0.25, 0.3) is 0 Å². The summed E-state index contributed by atoms with van der Waals surface area (Å²) in [6.07, 6.45) is 8.36. The van der Waals surface area contributed by atoms with Gasteiger partial charge in [-0.3, -0.25) is 9.69 Å². The molecule has 0 bridgehead atoms. The number of carbonyl (C=O) groups is 1. The largest absolute Gasteiger partial charge is 0.352 e. The van der Waals surface area contributed by atoms with Crippen LogP contribution >= 0.6 is 11.6 Å². The summed E-state index contributed by atoms with van der Waals surface area (Å²) in [5, 5.41) is 4.00. The predicted molar refractivity (Wildman–Crippen MR) is 90.0 cm³/mol. The molecule has 1 aromatic rings. The Balaban J connectivity index is 1.77. The molecule has 120 valence electrons. The van der Waals surface area contributed by atoms with Crippen LogP contribution in [0.2, 0.25) is 5.02 Å². The molecule has 0 radical (unpaired) electrons. The van der Waals surface area contributed by atoms with E-state index in [0.717, 1.165) is 36.5 Å². The molecule has 1 saturated carbocycles. The van der Waals surface area contributed by atoms with Gasteiger partial charge in [-0.25, -0.2) is 0 Å². The molecule has 1 aliphatic carbocycles. The van der Waals surface area contributed by atoms with Gasteiger partial charge in [-0.05, 0) is 56.5 Å². The van der Waals surface area contributed by atoms with Crippen molar-refractivity contribution in [1.29, 1.82) is 0 Å². The van der Waals surface area contributed by atoms with Crippen molar-refractivity contribution in [3.05, 3.63) is 34.9 Å². The molecule has 1 heterocycles. The summed E-state index contributed by atoms with van der Waals surface area (Å²) in [6, 6.07) is 7.96. The molecule has 4 heteroatoms. The van der Waals surface area contributed by atoms with E-state index in [1.165, 1.54) is 32.1 Å². The Hall–Kier alpha value is -1.06. The molecule has 0 aromatic heterocycles. The van der Waals surface area contributed by atoms with Crippen molar-refractivity contribution in [1.82, 2.24) is 10.2 Å². The second kappa shape index (κ2) is 7.47. The molecule has 1 amide bonds. The quantitative estimate of drug-likeness (QED) is 0.911. The molecule has 2 fully saturated rings. The van der Waals surface area contributed by atoms with E-state index in [9.17, 15) is 4.79 Å². The highest BCUT2D eigenvalue weighted by atomic mass is 35.5. The van der Waals surface area contributed by atoms with Gasteiger partial charge in [0.15, 0.2) is 0 Å². The first-order valence-electron chi connectivity index (χ1n) is 8.54.